The molecule has 5 aromatic rings. The second-order valence-electron chi connectivity index (χ2n) is 8.94. The van der Waals surface area contributed by atoms with Gasteiger partial charge in [-0.05, 0) is 36.2 Å². The van der Waals surface area contributed by atoms with Crippen LogP contribution in [-0.2, 0) is 0 Å². The molecule has 1 aliphatic rings. The van der Waals surface area contributed by atoms with E-state index in [1.807, 2.05) is 0 Å². The molecule has 0 saturated heterocycles. The smallest absolute Gasteiger partial charge is 0.420 e. The van der Waals surface area contributed by atoms with Crippen LogP contribution in [0.2, 0.25) is 0 Å². The molecule has 1 aromatic heterocycles. The summed E-state index contributed by atoms with van der Waals surface area (Å²) < 4.78 is 3.61. The molecular weight excluding hydrogens is 387 g/mol. The van der Waals surface area contributed by atoms with E-state index in [1.54, 1.807) is 0 Å². The molecule has 0 spiro atoms. The molecule has 0 radical (unpaired) electrons. The van der Waals surface area contributed by atoms with E-state index in [0.29, 0.717) is 0 Å². The summed E-state index contributed by atoms with van der Waals surface area (Å²) in [6.07, 6.45) is 0.743. The number of aryl methyl sites for hydroxylation is 1. The van der Waals surface area contributed by atoms with E-state index < -0.39 is 6.35 Å². The van der Waals surface area contributed by atoms with Crippen LogP contribution >= 0.6 is 0 Å². The maximum atomic E-state index is 3.61. The van der Waals surface area contributed by atoms with Gasteiger partial charge in [0.1, 0.15) is 0 Å². The molecule has 2 heteroatoms. The molecule has 0 amide bonds. The number of furan rings is 1. The highest BCUT2D eigenvalue weighted by Crippen LogP contribution is 2.46. The number of hydrogen-bond donors (Lipinski definition) is 0. The first kappa shape index (κ1) is 19.0. The standard InChI is InChI=1S/C30H25BO/c1-22-14-18-28(19-15-22)31(27-11-4-3-5-12-27)30(23(2)29-13-8-20-32(29)31)26-17-16-24-9-6-7-10-25(24)21-26/h3-21H,1-2H3. The van der Waals surface area contributed by atoms with Crippen molar-refractivity contribution < 1.29 is 3.96 Å². The summed E-state index contributed by atoms with van der Waals surface area (Å²) in [5, 5.41) is 2.54. The van der Waals surface area contributed by atoms with Gasteiger partial charge in [0.2, 0.25) is 5.76 Å². The third-order valence-electron chi connectivity index (χ3n) is 7.16. The first-order valence-electron chi connectivity index (χ1n) is 11.3. The molecule has 0 fully saturated rings. The second kappa shape index (κ2) is 7.14. The van der Waals surface area contributed by atoms with Gasteiger partial charge in [0.25, 0.3) is 0 Å². The van der Waals surface area contributed by atoms with Crippen molar-refractivity contribution in [1.29, 1.82) is 0 Å². The lowest BCUT2D eigenvalue weighted by Crippen LogP contribution is -2.59. The fourth-order valence-electron chi connectivity index (χ4n) is 5.73. The zero-order chi connectivity index (χ0) is 21.7. The predicted octanol–water partition coefficient (Wildman–Crippen LogP) is 6.52. The number of fused-ring (bicyclic) bond motifs is 2. The summed E-state index contributed by atoms with van der Waals surface area (Å²) in [5.41, 5.74) is 7.87. The average molecular weight is 412 g/mol. The Labute approximate surface area is 189 Å². The van der Waals surface area contributed by atoms with E-state index in [0.717, 1.165) is 0 Å². The van der Waals surface area contributed by atoms with Crippen molar-refractivity contribution in [2.45, 2.75) is 13.8 Å². The minimum Gasteiger partial charge on any atom is -0.777 e. The molecule has 1 unspecified atom stereocenters. The summed E-state index contributed by atoms with van der Waals surface area (Å²) in [7, 11) is 0. The van der Waals surface area contributed by atoms with Gasteiger partial charge in [0.15, 0.2) is 6.26 Å². The SMILES string of the molecule is CC1=C(c2ccc3ccccc3c2)[B-](c2ccccc2)(c2ccc(C)cc2)[o+]2cccc21. The fourth-order valence-corrected chi connectivity index (χ4v) is 5.73. The van der Waals surface area contributed by atoms with Crippen LogP contribution in [0.15, 0.2) is 119 Å². The molecule has 1 atom stereocenters. The summed E-state index contributed by atoms with van der Waals surface area (Å²) in [4.78, 5) is 0. The van der Waals surface area contributed by atoms with Crippen LogP contribution in [0.3, 0.4) is 0 Å². The Balaban J connectivity index is 1.73. The highest BCUT2D eigenvalue weighted by molar-refractivity contribution is 7.12. The van der Waals surface area contributed by atoms with Crippen molar-refractivity contribution in [2.75, 3.05) is 0 Å². The number of benzene rings is 4. The van der Waals surface area contributed by atoms with Crippen LogP contribution in [0.1, 0.15) is 23.8 Å². The molecule has 0 saturated carbocycles. The molecule has 0 aliphatic carbocycles. The van der Waals surface area contributed by atoms with Crippen LogP contribution in [0.4, 0.5) is 0 Å². The monoisotopic (exact) mass is 412 g/mol. The highest BCUT2D eigenvalue weighted by atomic mass is 16.5. The van der Waals surface area contributed by atoms with Crippen molar-refractivity contribution in [3.05, 3.63) is 132 Å². The predicted molar refractivity (Wildman–Crippen MR) is 138 cm³/mol. The third kappa shape index (κ3) is 2.59. The van der Waals surface area contributed by atoms with E-state index in [1.165, 1.54) is 49.6 Å². The van der Waals surface area contributed by atoms with Gasteiger partial charge in [-0.15, -0.1) is 10.9 Å². The van der Waals surface area contributed by atoms with Gasteiger partial charge >= 0.3 is 6.35 Å². The topological polar surface area (TPSA) is 2.70 Å². The lowest BCUT2D eigenvalue weighted by atomic mass is 9.27. The number of hydrogen-bond acceptors (Lipinski definition) is 0. The molecule has 32 heavy (non-hydrogen) atoms. The molecule has 0 bridgehead atoms. The summed E-state index contributed by atoms with van der Waals surface area (Å²) in [5.74, 6) is 1.22. The first-order chi connectivity index (χ1) is 15.7. The summed E-state index contributed by atoms with van der Waals surface area (Å²) >= 11 is 0. The van der Waals surface area contributed by atoms with Crippen molar-refractivity contribution >= 4 is 39.1 Å². The van der Waals surface area contributed by atoms with Crippen molar-refractivity contribution in [3.8, 4) is 0 Å². The third-order valence-corrected chi connectivity index (χ3v) is 7.16. The molecule has 1 aliphatic heterocycles. The second-order valence-corrected chi connectivity index (χ2v) is 8.94. The summed E-state index contributed by atoms with van der Waals surface area (Å²) in [6.45, 7) is 4.42. The molecule has 1 nitrogen and oxygen atoms in total. The van der Waals surface area contributed by atoms with Crippen LogP contribution in [-0.4, -0.2) is 6.35 Å². The lowest BCUT2D eigenvalue weighted by molar-refractivity contribution is 0.375. The van der Waals surface area contributed by atoms with Crippen LogP contribution in [0.5, 0.6) is 0 Å². The Bertz CT molecular complexity index is 1470. The normalized spacial score (nSPS) is 17.7. The average Bonchev–Trinajstić information content (AvgIpc) is 3.41. The minimum absolute atomic E-state index is 1.22. The van der Waals surface area contributed by atoms with Gasteiger partial charge in [0.05, 0.1) is 0 Å². The van der Waals surface area contributed by atoms with Crippen LogP contribution < -0.4 is 10.9 Å². The molecule has 154 valence electrons. The number of allylic oxidation sites excluding steroid dienone is 1. The van der Waals surface area contributed by atoms with E-state index in [2.05, 4.69) is 133 Å². The Morgan fingerprint density at radius 3 is 2.06 bits per heavy atom. The zero-order valence-corrected chi connectivity index (χ0v) is 18.5. The first-order valence-corrected chi connectivity index (χ1v) is 11.3. The molecular formula is C30H25BO. The van der Waals surface area contributed by atoms with Gasteiger partial charge in [-0.25, -0.2) is 0 Å². The van der Waals surface area contributed by atoms with Gasteiger partial charge in [-0.2, -0.15) is 0 Å². The largest absolute Gasteiger partial charge is 0.777 e. The van der Waals surface area contributed by atoms with E-state index in [-0.39, 0.29) is 0 Å². The maximum absolute atomic E-state index is 3.61. The van der Waals surface area contributed by atoms with E-state index >= 15 is 0 Å². The quantitative estimate of drug-likeness (QED) is 0.234. The molecule has 6 rings (SSSR count). The Morgan fingerprint density at radius 1 is 0.594 bits per heavy atom. The van der Waals surface area contributed by atoms with Gasteiger partial charge in [0, 0.05) is 17.7 Å². The molecule has 4 aromatic carbocycles. The van der Waals surface area contributed by atoms with Gasteiger partial charge in [-0.1, -0.05) is 102 Å². The highest BCUT2D eigenvalue weighted by Gasteiger charge is 2.51. The van der Waals surface area contributed by atoms with Crippen LogP contribution in [0.25, 0.3) is 21.8 Å². The lowest BCUT2D eigenvalue weighted by Gasteiger charge is -2.39. The number of rotatable bonds is 3. The minimum atomic E-state index is -1.44. The Kier molecular flexibility index (Phi) is 4.23. The van der Waals surface area contributed by atoms with E-state index in [4.69, 9.17) is 0 Å². The van der Waals surface area contributed by atoms with Crippen molar-refractivity contribution in [3.63, 3.8) is 0 Å². The van der Waals surface area contributed by atoms with Gasteiger partial charge in [-0.3, -0.25) is 0 Å². The molecule has 0 N–H and O–H groups in total. The van der Waals surface area contributed by atoms with E-state index in [9.17, 15) is 0 Å². The fraction of sp³-hybridized carbons (Fsp3) is 0.0667. The molecule has 2 heterocycles. The Hall–Kier alpha value is -3.78. The summed E-state index contributed by atoms with van der Waals surface area (Å²) in [6, 6.07) is 39.9. The zero-order valence-electron chi connectivity index (χ0n) is 18.5. The Morgan fingerprint density at radius 2 is 1.28 bits per heavy atom. The van der Waals surface area contributed by atoms with Gasteiger partial charge < -0.3 is 3.96 Å². The van der Waals surface area contributed by atoms with Crippen molar-refractivity contribution in [1.82, 2.24) is 0 Å². The van der Waals surface area contributed by atoms with Crippen molar-refractivity contribution in [2.24, 2.45) is 0 Å². The maximum Gasteiger partial charge on any atom is 0.420 e. The van der Waals surface area contributed by atoms with Crippen LogP contribution in [0, 0.1) is 6.92 Å².